The third kappa shape index (κ3) is 2.27. The smallest absolute Gasteiger partial charge is 0.323 e. The lowest BCUT2D eigenvalue weighted by atomic mass is 9.86. The van der Waals surface area contributed by atoms with Crippen molar-refractivity contribution in [1.29, 1.82) is 0 Å². The summed E-state index contributed by atoms with van der Waals surface area (Å²) in [6.45, 7) is 0.350. The van der Waals surface area contributed by atoms with E-state index >= 15 is 0 Å². The van der Waals surface area contributed by atoms with Crippen molar-refractivity contribution in [3.8, 4) is 0 Å². The molecule has 0 bridgehead atoms. The second kappa shape index (κ2) is 5.04. The standard InChI is InChI=1S/C14H15NO3/c16-12(14(13(17)18)8-4-5-9-14)15-10-11-6-2-1-3-7-11/h1-4,6-8H,5,9-10H2,(H,15,16)(H,17,18). The molecule has 0 saturated carbocycles. The van der Waals surface area contributed by atoms with Crippen LogP contribution in [0.25, 0.3) is 0 Å². The van der Waals surface area contributed by atoms with Gasteiger partial charge in [0.1, 0.15) is 0 Å². The molecule has 0 spiro atoms. The van der Waals surface area contributed by atoms with Crippen LogP contribution < -0.4 is 5.32 Å². The van der Waals surface area contributed by atoms with E-state index in [1.165, 1.54) is 6.08 Å². The summed E-state index contributed by atoms with van der Waals surface area (Å²) in [4.78, 5) is 23.3. The first-order chi connectivity index (χ1) is 8.65. The number of rotatable bonds is 4. The summed E-state index contributed by atoms with van der Waals surface area (Å²) in [7, 11) is 0. The lowest BCUT2D eigenvalue weighted by Gasteiger charge is -2.21. The Morgan fingerprint density at radius 2 is 2.00 bits per heavy atom. The number of carbonyl (C=O) groups excluding carboxylic acids is 1. The van der Waals surface area contributed by atoms with Crippen molar-refractivity contribution in [2.45, 2.75) is 19.4 Å². The van der Waals surface area contributed by atoms with E-state index in [0.29, 0.717) is 19.4 Å². The monoisotopic (exact) mass is 245 g/mol. The van der Waals surface area contributed by atoms with Crippen LogP contribution >= 0.6 is 0 Å². The number of hydrogen-bond acceptors (Lipinski definition) is 2. The summed E-state index contributed by atoms with van der Waals surface area (Å²) in [5.41, 5.74) is -0.428. The van der Waals surface area contributed by atoms with Crippen LogP contribution in [0.5, 0.6) is 0 Å². The molecule has 1 aromatic carbocycles. The predicted molar refractivity (Wildman–Crippen MR) is 66.7 cm³/mol. The number of aliphatic carboxylic acids is 1. The average Bonchev–Trinajstić information content (AvgIpc) is 2.88. The topological polar surface area (TPSA) is 66.4 Å². The summed E-state index contributed by atoms with van der Waals surface area (Å²) in [5, 5.41) is 11.9. The first kappa shape index (κ1) is 12.4. The first-order valence-corrected chi connectivity index (χ1v) is 5.88. The van der Waals surface area contributed by atoms with Crippen molar-refractivity contribution in [1.82, 2.24) is 5.32 Å². The fourth-order valence-corrected chi connectivity index (χ4v) is 2.08. The number of carboxylic acids is 1. The van der Waals surface area contributed by atoms with Crippen molar-refractivity contribution in [2.75, 3.05) is 0 Å². The highest BCUT2D eigenvalue weighted by atomic mass is 16.4. The van der Waals surface area contributed by atoms with E-state index in [4.69, 9.17) is 0 Å². The van der Waals surface area contributed by atoms with E-state index in [2.05, 4.69) is 5.32 Å². The fourth-order valence-electron chi connectivity index (χ4n) is 2.08. The van der Waals surface area contributed by atoms with Crippen molar-refractivity contribution in [3.05, 3.63) is 48.0 Å². The minimum absolute atomic E-state index is 0.336. The minimum atomic E-state index is -1.38. The van der Waals surface area contributed by atoms with Crippen LogP contribution in [0.2, 0.25) is 0 Å². The first-order valence-electron chi connectivity index (χ1n) is 5.88. The molecule has 1 aliphatic carbocycles. The predicted octanol–water partition coefficient (Wildman–Crippen LogP) is 1.72. The van der Waals surface area contributed by atoms with Gasteiger partial charge in [-0.1, -0.05) is 42.5 Å². The molecule has 0 saturated heterocycles. The lowest BCUT2D eigenvalue weighted by Crippen LogP contribution is -2.43. The maximum atomic E-state index is 12.0. The van der Waals surface area contributed by atoms with Gasteiger partial charge in [-0.15, -0.1) is 0 Å². The largest absolute Gasteiger partial charge is 0.480 e. The number of carboxylic acid groups (broad SMARTS) is 1. The molecule has 4 heteroatoms. The molecule has 0 aromatic heterocycles. The van der Waals surface area contributed by atoms with Gasteiger partial charge in [0.15, 0.2) is 5.41 Å². The number of hydrogen-bond donors (Lipinski definition) is 2. The van der Waals surface area contributed by atoms with E-state index in [0.717, 1.165) is 5.56 Å². The highest BCUT2D eigenvalue weighted by molar-refractivity contribution is 6.04. The van der Waals surface area contributed by atoms with Crippen LogP contribution in [-0.2, 0) is 16.1 Å². The van der Waals surface area contributed by atoms with E-state index in [1.807, 2.05) is 30.3 Å². The van der Waals surface area contributed by atoms with E-state index in [9.17, 15) is 14.7 Å². The van der Waals surface area contributed by atoms with Gasteiger partial charge in [-0.3, -0.25) is 9.59 Å². The second-order valence-corrected chi connectivity index (χ2v) is 4.39. The van der Waals surface area contributed by atoms with Gasteiger partial charge in [-0.05, 0) is 18.4 Å². The van der Waals surface area contributed by atoms with Crippen LogP contribution in [0.1, 0.15) is 18.4 Å². The Bertz CT molecular complexity index is 481. The molecule has 1 amide bonds. The van der Waals surface area contributed by atoms with Crippen molar-refractivity contribution in [3.63, 3.8) is 0 Å². The zero-order valence-electron chi connectivity index (χ0n) is 9.93. The summed E-state index contributed by atoms with van der Waals surface area (Å²) < 4.78 is 0. The minimum Gasteiger partial charge on any atom is -0.480 e. The summed E-state index contributed by atoms with van der Waals surface area (Å²) >= 11 is 0. The third-order valence-corrected chi connectivity index (χ3v) is 3.19. The van der Waals surface area contributed by atoms with Gasteiger partial charge in [0.25, 0.3) is 0 Å². The van der Waals surface area contributed by atoms with Gasteiger partial charge >= 0.3 is 5.97 Å². The van der Waals surface area contributed by atoms with Gasteiger partial charge in [0, 0.05) is 6.54 Å². The Hall–Kier alpha value is -2.10. The van der Waals surface area contributed by atoms with Gasteiger partial charge in [0.05, 0.1) is 0 Å². The molecule has 1 unspecified atom stereocenters. The van der Waals surface area contributed by atoms with Crippen molar-refractivity contribution < 1.29 is 14.7 Å². The van der Waals surface area contributed by atoms with Crippen LogP contribution in [-0.4, -0.2) is 17.0 Å². The molecule has 4 nitrogen and oxygen atoms in total. The Morgan fingerprint density at radius 1 is 1.28 bits per heavy atom. The maximum absolute atomic E-state index is 12.0. The Balaban J connectivity index is 2.03. The Labute approximate surface area is 105 Å². The quantitative estimate of drug-likeness (QED) is 0.627. The Kier molecular flexibility index (Phi) is 3.46. The van der Waals surface area contributed by atoms with E-state index in [-0.39, 0.29) is 0 Å². The van der Waals surface area contributed by atoms with Gasteiger partial charge in [0.2, 0.25) is 5.91 Å². The van der Waals surface area contributed by atoms with Crippen LogP contribution in [0.4, 0.5) is 0 Å². The molecular formula is C14H15NO3. The normalized spacial score (nSPS) is 21.8. The van der Waals surface area contributed by atoms with Gasteiger partial charge in [-0.2, -0.15) is 0 Å². The number of nitrogens with one attached hydrogen (secondary N) is 1. The number of amides is 1. The number of benzene rings is 1. The van der Waals surface area contributed by atoms with Crippen LogP contribution in [0.3, 0.4) is 0 Å². The second-order valence-electron chi connectivity index (χ2n) is 4.39. The van der Waals surface area contributed by atoms with E-state index in [1.54, 1.807) is 6.08 Å². The van der Waals surface area contributed by atoms with Gasteiger partial charge < -0.3 is 10.4 Å². The van der Waals surface area contributed by atoms with Crippen LogP contribution in [0.15, 0.2) is 42.5 Å². The lowest BCUT2D eigenvalue weighted by molar-refractivity contribution is -0.152. The highest BCUT2D eigenvalue weighted by Crippen LogP contribution is 2.32. The summed E-state index contributed by atoms with van der Waals surface area (Å²) in [6.07, 6.45) is 4.21. The number of carbonyl (C=O) groups is 2. The molecule has 0 aliphatic heterocycles. The molecule has 1 aromatic rings. The van der Waals surface area contributed by atoms with Crippen molar-refractivity contribution in [2.24, 2.45) is 5.41 Å². The van der Waals surface area contributed by atoms with Crippen LogP contribution in [0, 0.1) is 5.41 Å². The molecule has 18 heavy (non-hydrogen) atoms. The summed E-state index contributed by atoms with van der Waals surface area (Å²) in [5.74, 6) is -1.52. The molecule has 2 rings (SSSR count). The van der Waals surface area contributed by atoms with Gasteiger partial charge in [-0.25, -0.2) is 0 Å². The average molecular weight is 245 g/mol. The molecule has 94 valence electrons. The third-order valence-electron chi connectivity index (χ3n) is 3.19. The molecule has 0 heterocycles. The Morgan fingerprint density at radius 3 is 2.56 bits per heavy atom. The molecule has 2 N–H and O–H groups in total. The zero-order valence-corrected chi connectivity index (χ0v) is 9.93. The molecular weight excluding hydrogens is 230 g/mol. The highest BCUT2D eigenvalue weighted by Gasteiger charge is 2.45. The zero-order chi connectivity index (χ0) is 13.0. The molecule has 1 atom stereocenters. The SMILES string of the molecule is O=C(O)C1(C(=O)NCc2ccccc2)C=CCC1. The fraction of sp³-hybridized carbons (Fsp3) is 0.286. The van der Waals surface area contributed by atoms with Crippen molar-refractivity contribution >= 4 is 11.9 Å². The number of allylic oxidation sites excluding steroid dienone is 1. The maximum Gasteiger partial charge on any atom is 0.323 e. The molecule has 1 aliphatic rings. The van der Waals surface area contributed by atoms with E-state index < -0.39 is 17.3 Å². The molecule has 0 radical (unpaired) electrons. The summed E-state index contributed by atoms with van der Waals surface area (Å²) in [6, 6.07) is 9.42. The molecule has 0 fully saturated rings.